The topological polar surface area (TPSA) is 70.0 Å². The monoisotopic (exact) mass is 424 g/mol. The molecule has 0 bridgehead atoms. The summed E-state index contributed by atoms with van der Waals surface area (Å²) < 4.78 is 0. The minimum atomic E-state index is -0.988. The van der Waals surface area contributed by atoms with Gasteiger partial charge in [0.2, 0.25) is 0 Å². The lowest BCUT2D eigenvalue weighted by Gasteiger charge is -2.20. The molecule has 3 aromatic carbocycles. The number of aromatic carboxylic acids is 1. The Balaban J connectivity index is 1.75. The van der Waals surface area contributed by atoms with E-state index in [9.17, 15) is 9.59 Å². The van der Waals surface area contributed by atoms with E-state index >= 15 is 0 Å². The molecule has 0 unspecified atom stereocenters. The Morgan fingerprint density at radius 3 is 2.09 bits per heavy atom. The third kappa shape index (κ3) is 4.23. The quantitative estimate of drug-likeness (QED) is 0.561. The number of carbonyl (C=O) groups is 2. The maximum atomic E-state index is 13.4. The number of nitrogens with zero attached hydrogens (tertiary/aromatic N) is 2. The van der Waals surface area contributed by atoms with Crippen LogP contribution in [0.1, 0.15) is 47.8 Å². The maximum Gasteiger partial charge on any atom is 0.335 e. The molecule has 5 heteroatoms. The largest absolute Gasteiger partial charge is 0.478 e. The Bertz CT molecular complexity index is 1220. The van der Waals surface area contributed by atoms with Crippen molar-refractivity contribution in [2.45, 2.75) is 26.2 Å². The first kappa shape index (κ1) is 21.2. The van der Waals surface area contributed by atoms with Gasteiger partial charge in [0, 0.05) is 5.56 Å². The summed E-state index contributed by atoms with van der Waals surface area (Å²) in [4.78, 5) is 24.5. The number of carboxylic acids is 1. The van der Waals surface area contributed by atoms with Gasteiger partial charge in [0.1, 0.15) is 5.71 Å². The summed E-state index contributed by atoms with van der Waals surface area (Å²) >= 11 is 0. The van der Waals surface area contributed by atoms with Crippen LogP contribution in [0.4, 0.5) is 5.69 Å². The molecule has 1 amide bonds. The van der Waals surface area contributed by atoms with Gasteiger partial charge in [-0.3, -0.25) is 4.79 Å². The molecule has 160 valence electrons. The first-order valence-corrected chi connectivity index (χ1v) is 10.4. The van der Waals surface area contributed by atoms with Crippen LogP contribution in [0.5, 0.6) is 0 Å². The van der Waals surface area contributed by atoms with Gasteiger partial charge in [-0.25, -0.2) is 4.79 Å². The van der Waals surface area contributed by atoms with Crippen molar-refractivity contribution in [2.75, 3.05) is 5.01 Å². The molecule has 4 rings (SSSR count). The van der Waals surface area contributed by atoms with Crippen LogP contribution in [0.3, 0.4) is 0 Å². The van der Waals surface area contributed by atoms with E-state index in [1.54, 1.807) is 18.2 Å². The summed E-state index contributed by atoms with van der Waals surface area (Å²) in [6.45, 7) is 6.43. The molecule has 32 heavy (non-hydrogen) atoms. The SMILES string of the molecule is CC(C)(C)c1ccc(N2N=C(c3ccccc3)/C(=C/c3ccc(C(=O)O)cc3)C2=O)cc1. The van der Waals surface area contributed by atoms with Gasteiger partial charge in [-0.15, -0.1) is 0 Å². The molecule has 0 spiro atoms. The molecule has 0 radical (unpaired) electrons. The Morgan fingerprint density at radius 1 is 0.906 bits per heavy atom. The average molecular weight is 425 g/mol. The average Bonchev–Trinajstić information content (AvgIpc) is 3.10. The summed E-state index contributed by atoms with van der Waals surface area (Å²) in [5.41, 5.74) is 4.68. The van der Waals surface area contributed by atoms with E-state index < -0.39 is 5.97 Å². The second-order valence-corrected chi connectivity index (χ2v) is 8.71. The first-order valence-electron chi connectivity index (χ1n) is 10.4. The number of amides is 1. The van der Waals surface area contributed by atoms with Crippen LogP contribution in [-0.2, 0) is 10.2 Å². The van der Waals surface area contributed by atoms with Gasteiger partial charge in [0.05, 0.1) is 16.8 Å². The summed E-state index contributed by atoms with van der Waals surface area (Å²) in [6.07, 6.45) is 1.75. The molecule has 0 aromatic heterocycles. The molecule has 0 atom stereocenters. The normalized spacial score (nSPS) is 15.2. The maximum absolute atomic E-state index is 13.4. The van der Waals surface area contributed by atoms with Gasteiger partial charge in [0.25, 0.3) is 5.91 Å². The van der Waals surface area contributed by atoms with E-state index in [0.717, 1.165) is 11.1 Å². The zero-order valence-corrected chi connectivity index (χ0v) is 18.2. The standard InChI is InChI=1S/C27H24N2O3/c1-27(2,3)21-13-15-22(16-14-21)29-25(30)23(24(28-29)19-7-5-4-6-8-19)17-18-9-11-20(12-10-18)26(31)32/h4-17H,1-3H3,(H,31,32)/b23-17-. The molecular weight excluding hydrogens is 400 g/mol. The lowest BCUT2D eigenvalue weighted by molar-refractivity contribution is -0.114. The zero-order valence-electron chi connectivity index (χ0n) is 18.2. The molecule has 1 N–H and O–H groups in total. The van der Waals surface area contributed by atoms with Crippen molar-refractivity contribution in [3.8, 4) is 0 Å². The molecular formula is C27H24N2O3. The number of hydrogen-bond acceptors (Lipinski definition) is 3. The van der Waals surface area contributed by atoms with Crippen LogP contribution in [0.15, 0.2) is 89.5 Å². The smallest absolute Gasteiger partial charge is 0.335 e. The molecule has 0 saturated carbocycles. The number of carboxylic acid groups (broad SMARTS) is 1. The fourth-order valence-corrected chi connectivity index (χ4v) is 3.52. The summed E-state index contributed by atoms with van der Waals surface area (Å²) in [5, 5.41) is 15.2. The lowest BCUT2D eigenvalue weighted by Crippen LogP contribution is -2.21. The Hall–Kier alpha value is -3.99. The molecule has 0 saturated heterocycles. The van der Waals surface area contributed by atoms with E-state index in [0.29, 0.717) is 17.0 Å². The second kappa shape index (κ2) is 8.27. The van der Waals surface area contributed by atoms with E-state index in [1.807, 2.05) is 54.6 Å². The summed E-state index contributed by atoms with van der Waals surface area (Å²) in [5.74, 6) is -1.22. The number of benzene rings is 3. The number of hydrazone groups is 1. The molecule has 3 aromatic rings. The van der Waals surface area contributed by atoms with Gasteiger partial charge in [-0.2, -0.15) is 10.1 Å². The predicted molar refractivity (Wildman–Crippen MR) is 127 cm³/mol. The number of anilines is 1. The van der Waals surface area contributed by atoms with Gasteiger partial charge in [0.15, 0.2) is 0 Å². The summed E-state index contributed by atoms with van der Waals surface area (Å²) in [6, 6.07) is 23.8. The van der Waals surface area contributed by atoms with Gasteiger partial charge in [-0.1, -0.05) is 75.4 Å². The first-order chi connectivity index (χ1) is 15.2. The molecule has 1 heterocycles. The zero-order chi connectivity index (χ0) is 22.9. The van der Waals surface area contributed by atoms with E-state index in [2.05, 4.69) is 25.9 Å². The molecule has 1 aliphatic rings. The molecule has 0 aliphatic carbocycles. The fraction of sp³-hybridized carbons (Fsp3) is 0.148. The third-order valence-corrected chi connectivity index (χ3v) is 5.37. The van der Waals surface area contributed by atoms with Crippen molar-refractivity contribution in [3.63, 3.8) is 0 Å². The van der Waals surface area contributed by atoms with E-state index in [4.69, 9.17) is 5.11 Å². The third-order valence-electron chi connectivity index (χ3n) is 5.37. The minimum Gasteiger partial charge on any atom is -0.478 e. The highest BCUT2D eigenvalue weighted by atomic mass is 16.4. The van der Waals surface area contributed by atoms with Gasteiger partial charge < -0.3 is 5.11 Å². The van der Waals surface area contributed by atoms with Crippen molar-refractivity contribution < 1.29 is 14.7 Å². The number of rotatable bonds is 4. The van der Waals surface area contributed by atoms with Crippen LogP contribution in [-0.4, -0.2) is 22.7 Å². The van der Waals surface area contributed by atoms with E-state index in [1.165, 1.54) is 22.7 Å². The highest BCUT2D eigenvalue weighted by molar-refractivity contribution is 6.37. The van der Waals surface area contributed by atoms with E-state index in [-0.39, 0.29) is 16.9 Å². The Morgan fingerprint density at radius 2 is 1.53 bits per heavy atom. The van der Waals surface area contributed by atoms with Crippen molar-refractivity contribution in [1.82, 2.24) is 0 Å². The van der Waals surface area contributed by atoms with Crippen molar-refractivity contribution in [3.05, 3.63) is 107 Å². The Labute approximate surface area is 187 Å². The van der Waals surface area contributed by atoms with Crippen LogP contribution in [0.2, 0.25) is 0 Å². The number of hydrogen-bond donors (Lipinski definition) is 1. The highest BCUT2D eigenvalue weighted by Gasteiger charge is 2.32. The van der Waals surface area contributed by atoms with Crippen LogP contribution in [0.25, 0.3) is 6.08 Å². The van der Waals surface area contributed by atoms with Crippen LogP contribution < -0.4 is 5.01 Å². The predicted octanol–water partition coefficient (Wildman–Crippen LogP) is 5.52. The minimum absolute atomic E-state index is 0.0131. The highest BCUT2D eigenvalue weighted by Crippen LogP contribution is 2.30. The van der Waals surface area contributed by atoms with Crippen molar-refractivity contribution in [2.24, 2.45) is 5.10 Å². The molecule has 5 nitrogen and oxygen atoms in total. The molecule has 0 fully saturated rings. The van der Waals surface area contributed by atoms with Crippen LogP contribution >= 0.6 is 0 Å². The van der Waals surface area contributed by atoms with Gasteiger partial charge >= 0.3 is 5.97 Å². The number of carbonyl (C=O) groups excluding carboxylic acids is 1. The summed E-state index contributed by atoms with van der Waals surface area (Å²) in [7, 11) is 0. The second-order valence-electron chi connectivity index (χ2n) is 8.71. The molecule has 1 aliphatic heterocycles. The fourth-order valence-electron chi connectivity index (χ4n) is 3.52. The van der Waals surface area contributed by atoms with Crippen molar-refractivity contribution in [1.29, 1.82) is 0 Å². The lowest BCUT2D eigenvalue weighted by atomic mass is 9.87. The van der Waals surface area contributed by atoms with Gasteiger partial charge in [-0.05, 0) is 46.9 Å². The Kier molecular flexibility index (Phi) is 5.49. The van der Waals surface area contributed by atoms with Crippen LogP contribution in [0, 0.1) is 0 Å². The van der Waals surface area contributed by atoms with Crippen molar-refractivity contribution >= 4 is 29.4 Å².